The molecule has 0 spiro atoms. The zero-order chi connectivity index (χ0) is 6.69. The zero-order valence-electron chi connectivity index (χ0n) is 5.64. The first-order valence-corrected chi connectivity index (χ1v) is 3.87. The Kier molecular flexibility index (Phi) is 2.05. The highest BCUT2D eigenvalue weighted by Crippen LogP contribution is 2.13. The molecule has 1 rings (SSSR count). The van der Waals surface area contributed by atoms with Gasteiger partial charge in [-0.3, -0.25) is 0 Å². The molecule has 1 aromatic heterocycles. The van der Waals surface area contributed by atoms with Crippen molar-refractivity contribution in [2.24, 2.45) is 0 Å². The van der Waals surface area contributed by atoms with Gasteiger partial charge in [0.1, 0.15) is 0 Å². The second-order valence-electron chi connectivity index (χ2n) is 1.82. The van der Waals surface area contributed by atoms with Crippen LogP contribution in [0.15, 0.2) is 5.38 Å². The molecule has 3 heteroatoms. The summed E-state index contributed by atoms with van der Waals surface area (Å²) in [5.41, 5.74) is 1.09. The average Bonchev–Trinajstić information content (AvgIpc) is 2.17. The van der Waals surface area contributed by atoms with E-state index >= 15 is 0 Å². The predicted molar refractivity (Wildman–Crippen MR) is 41.0 cm³/mol. The van der Waals surface area contributed by atoms with Gasteiger partial charge in [-0.1, -0.05) is 0 Å². The van der Waals surface area contributed by atoms with E-state index in [1.807, 2.05) is 12.3 Å². The molecule has 0 saturated heterocycles. The number of hydrogen-bond donors (Lipinski definition) is 1. The molecule has 0 aliphatic carbocycles. The lowest BCUT2D eigenvalue weighted by Crippen LogP contribution is -1.94. The summed E-state index contributed by atoms with van der Waals surface area (Å²) in [6.07, 6.45) is 0. The lowest BCUT2D eigenvalue weighted by molar-refractivity contribution is 1.17. The standard InChI is InChI=1S/C6H10N2S/c1-3-7-6-8-5(2)4-9-6/h4H,3H2,1-2H3,(H,7,8). The first kappa shape index (κ1) is 6.55. The largest absolute Gasteiger partial charge is 0.362 e. The van der Waals surface area contributed by atoms with Gasteiger partial charge in [0.15, 0.2) is 5.13 Å². The van der Waals surface area contributed by atoms with Crippen molar-refractivity contribution in [3.05, 3.63) is 11.1 Å². The van der Waals surface area contributed by atoms with Crippen LogP contribution in [-0.2, 0) is 0 Å². The second-order valence-corrected chi connectivity index (χ2v) is 2.68. The summed E-state index contributed by atoms with van der Waals surface area (Å²) in [6, 6.07) is 0. The highest BCUT2D eigenvalue weighted by Gasteiger charge is 1.92. The third-order valence-corrected chi connectivity index (χ3v) is 1.86. The van der Waals surface area contributed by atoms with Crippen molar-refractivity contribution in [3.8, 4) is 0 Å². The number of thiazole rings is 1. The summed E-state index contributed by atoms with van der Waals surface area (Å²) in [5, 5.41) is 6.20. The molecule has 0 aliphatic heterocycles. The number of aromatic nitrogens is 1. The van der Waals surface area contributed by atoms with Crippen molar-refractivity contribution in [1.29, 1.82) is 0 Å². The van der Waals surface area contributed by atoms with Crippen LogP contribution in [-0.4, -0.2) is 11.5 Å². The van der Waals surface area contributed by atoms with Crippen molar-refractivity contribution < 1.29 is 0 Å². The Labute approximate surface area is 58.9 Å². The third kappa shape index (κ3) is 1.68. The van der Waals surface area contributed by atoms with Crippen molar-refractivity contribution in [2.75, 3.05) is 11.9 Å². The van der Waals surface area contributed by atoms with Crippen LogP contribution < -0.4 is 5.32 Å². The van der Waals surface area contributed by atoms with E-state index in [-0.39, 0.29) is 0 Å². The van der Waals surface area contributed by atoms with Crippen LogP contribution in [0, 0.1) is 6.92 Å². The molecule has 0 saturated carbocycles. The Morgan fingerprint density at radius 3 is 3.00 bits per heavy atom. The van der Waals surface area contributed by atoms with E-state index in [1.54, 1.807) is 11.3 Å². The van der Waals surface area contributed by atoms with Crippen LogP contribution in [0.4, 0.5) is 5.13 Å². The number of aryl methyl sites for hydroxylation is 1. The molecule has 0 bridgehead atoms. The Hall–Kier alpha value is -0.570. The van der Waals surface area contributed by atoms with Crippen molar-refractivity contribution in [2.45, 2.75) is 13.8 Å². The van der Waals surface area contributed by atoms with E-state index in [2.05, 4.69) is 17.2 Å². The molecule has 9 heavy (non-hydrogen) atoms. The third-order valence-electron chi connectivity index (χ3n) is 0.947. The van der Waals surface area contributed by atoms with Gasteiger partial charge in [0.25, 0.3) is 0 Å². The summed E-state index contributed by atoms with van der Waals surface area (Å²) in [7, 11) is 0. The van der Waals surface area contributed by atoms with E-state index < -0.39 is 0 Å². The Balaban J connectivity index is 2.61. The summed E-state index contributed by atoms with van der Waals surface area (Å²) in [6.45, 7) is 5.01. The molecule has 0 aliphatic rings. The molecule has 0 aromatic carbocycles. The number of anilines is 1. The highest BCUT2D eigenvalue weighted by atomic mass is 32.1. The van der Waals surface area contributed by atoms with E-state index in [0.717, 1.165) is 17.4 Å². The van der Waals surface area contributed by atoms with Crippen molar-refractivity contribution in [1.82, 2.24) is 4.98 Å². The molecule has 0 radical (unpaired) electrons. The van der Waals surface area contributed by atoms with Gasteiger partial charge in [-0.25, -0.2) is 4.98 Å². The molecule has 2 nitrogen and oxygen atoms in total. The quantitative estimate of drug-likeness (QED) is 0.682. The minimum Gasteiger partial charge on any atom is -0.362 e. The molecule has 0 amide bonds. The van der Waals surface area contributed by atoms with Crippen LogP contribution in [0.2, 0.25) is 0 Å². The fourth-order valence-corrected chi connectivity index (χ4v) is 1.35. The van der Waals surface area contributed by atoms with Crippen LogP contribution in [0.1, 0.15) is 12.6 Å². The van der Waals surface area contributed by atoms with E-state index in [4.69, 9.17) is 0 Å². The van der Waals surface area contributed by atoms with E-state index in [0.29, 0.717) is 0 Å². The topological polar surface area (TPSA) is 24.9 Å². The predicted octanol–water partition coefficient (Wildman–Crippen LogP) is 1.88. The van der Waals surface area contributed by atoms with Gasteiger partial charge in [-0.15, -0.1) is 11.3 Å². The van der Waals surface area contributed by atoms with Gasteiger partial charge in [-0.05, 0) is 13.8 Å². The van der Waals surface area contributed by atoms with Crippen molar-refractivity contribution in [3.63, 3.8) is 0 Å². The Morgan fingerprint density at radius 1 is 1.78 bits per heavy atom. The molecule has 0 atom stereocenters. The number of nitrogens with one attached hydrogen (secondary N) is 1. The molecule has 0 unspecified atom stereocenters. The minimum atomic E-state index is 0.951. The highest BCUT2D eigenvalue weighted by molar-refractivity contribution is 7.13. The Bertz CT molecular complexity index is 183. The normalized spacial score (nSPS) is 9.56. The van der Waals surface area contributed by atoms with Gasteiger partial charge < -0.3 is 5.32 Å². The maximum absolute atomic E-state index is 4.21. The fraction of sp³-hybridized carbons (Fsp3) is 0.500. The molecule has 50 valence electrons. The number of rotatable bonds is 2. The minimum absolute atomic E-state index is 0.951. The van der Waals surface area contributed by atoms with Gasteiger partial charge in [0, 0.05) is 11.9 Å². The summed E-state index contributed by atoms with van der Waals surface area (Å²) in [5.74, 6) is 0. The van der Waals surface area contributed by atoms with Gasteiger partial charge in [0.2, 0.25) is 0 Å². The summed E-state index contributed by atoms with van der Waals surface area (Å²) in [4.78, 5) is 4.21. The van der Waals surface area contributed by atoms with E-state index in [1.165, 1.54) is 0 Å². The summed E-state index contributed by atoms with van der Waals surface area (Å²) >= 11 is 1.65. The number of nitrogens with zero attached hydrogens (tertiary/aromatic N) is 1. The second kappa shape index (κ2) is 2.82. The summed E-state index contributed by atoms with van der Waals surface area (Å²) < 4.78 is 0. The zero-order valence-corrected chi connectivity index (χ0v) is 6.46. The maximum Gasteiger partial charge on any atom is 0.182 e. The lowest BCUT2D eigenvalue weighted by atomic mass is 10.6. The fourth-order valence-electron chi connectivity index (χ4n) is 0.586. The van der Waals surface area contributed by atoms with Crippen LogP contribution in [0.3, 0.4) is 0 Å². The van der Waals surface area contributed by atoms with Gasteiger partial charge in [0.05, 0.1) is 5.69 Å². The first-order valence-electron chi connectivity index (χ1n) is 2.99. The Morgan fingerprint density at radius 2 is 2.56 bits per heavy atom. The molecular weight excluding hydrogens is 132 g/mol. The average molecular weight is 142 g/mol. The van der Waals surface area contributed by atoms with Crippen LogP contribution >= 0.6 is 11.3 Å². The molecular formula is C6H10N2S. The molecule has 1 heterocycles. The SMILES string of the molecule is CCNc1nc(C)cs1. The van der Waals surface area contributed by atoms with Crippen LogP contribution in [0.25, 0.3) is 0 Å². The lowest BCUT2D eigenvalue weighted by Gasteiger charge is -1.92. The number of hydrogen-bond acceptors (Lipinski definition) is 3. The van der Waals surface area contributed by atoms with E-state index in [9.17, 15) is 0 Å². The van der Waals surface area contributed by atoms with Crippen LogP contribution in [0.5, 0.6) is 0 Å². The smallest absolute Gasteiger partial charge is 0.182 e. The maximum atomic E-state index is 4.21. The monoisotopic (exact) mass is 142 g/mol. The first-order chi connectivity index (χ1) is 4.33. The molecule has 1 N–H and O–H groups in total. The van der Waals surface area contributed by atoms with Crippen molar-refractivity contribution >= 4 is 16.5 Å². The molecule has 0 fully saturated rings. The van der Waals surface area contributed by atoms with Gasteiger partial charge >= 0.3 is 0 Å². The molecule has 1 aromatic rings. The van der Waals surface area contributed by atoms with Gasteiger partial charge in [-0.2, -0.15) is 0 Å².